The lowest BCUT2D eigenvalue weighted by Gasteiger charge is -2.14. The minimum atomic E-state index is -1.36. The number of carbonyl (C=O) groups excluding carboxylic acids is 2. The predicted molar refractivity (Wildman–Crippen MR) is 65.1 cm³/mol. The molecule has 5 heteroatoms. The fourth-order valence-electron chi connectivity index (χ4n) is 2.10. The highest BCUT2D eigenvalue weighted by molar-refractivity contribution is 6.01. The number of aliphatic hydroxyl groups is 1. The van der Waals surface area contributed by atoms with E-state index in [2.05, 4.69) is 5.32 Å². The molecule has 18 heavy (non-hydrogen) atoms. The van der Waals surface area contributed by atoms with Crippen molar-refractivity contribution in [3.8, 4) is 0 Å². The molecule has 2 N–H and O–H groups in total. The molecule has 0 saturated heterocycles. The van der Waals surface area contributed by atoms with Crippen molar-refractivity contribution in [1.29, 1.82) is 0 Å². The van der Waals surface area contributed by atoms with Crippen LogP contribution in [-0.4, -0.2) is 23.6 Å². The average Bonchev–Trinajstić information content (AvgIpc) is 2.67. The van der Waals surface area contributed by atoms with Crippen LogP contribution in [0.15, 0.2) is 12.1 Å². The van der Waals surface area contributed by atoms with Gasteiger partial charge < -0.3 is 15.2 Å². The second kappa shape index (κ2) is 4.78. The fourth-order valence-corrected chi connectivity index (χ4v) is 2.10. The maximum absolute atomic E-state index is 11.6. The monoisotopic (exact) mass is 249 g/mol. The summed E-state index contributed by atoms with van der Waals surface area (Å²) in [6, 6.07) is 3.56. The van der Waals surface area contributed by atoms with E-state index >= 15 is 0 Å². The summed E-state index contributed by atoms with van der Waals surface area (Å²) in [6.45, 7) is 3.73. The Morgan fingerprint density at radius 2 is 2.28 bits per heavy atom. The lowest BCUT2D eigenvalue weighted by Crippen LogP contribution is -2.17. The zero-order chi connectivity index (χ0) is 13.3. The SMILES string of the molecule is CCOC(=O)C(O)c1cc(C)cc2c1NC(=O)C2. The number of aliphatic hydroxyl groups excluding tert-OH is 1. The maximum Gasteiger partial charge on any atom is 0.339 e. The number of rotatable bonds is 3. The number of esters is 1. The van der Waals surface area contributed by atoms with E-state index in [1.54, 1.807) is 13.0 Å². The Morgan fingerprint density at radius 1 is 1.56 bits per heavy atom. The van der Waals surface area contributed by atoms with E-state index in [0.717, 1.165) is 11.1 Å². The van der Waals surface area contributed by atoms with Crippen LogP contribution in [0.2, 0.25) is 0 Å². The molecule has 0 bridgehead atoms. The molecule has 1 heterocycles. The molecule has 1 aromatic carbocycles. The van der Waals surface area contributed by atoms with Gasteiger partial charge in [-0.05, 0) is 19.4 Å². The van der Waals surface area contributed by atoms with E-state index in [9.17, 15) is 14.7 Å². The van der Waals surface area contributed by atoms with E-state index < -0.39 is 12.1 Å². The number of ether oxygens (including phenoxy) is 1. The molecule has 0 aliphatic carbocycles. The summed E-state index contributed by atoms with van der Waals surface area (Å²) in [5, 5.41) is 12.6. The van der Waals surface area contributed by atoms with Crippen molar-refractivity contribution >= 4 is 17.6 Å². The topological polar surface area (TPSA) is 75.6 Å². The summed E-state index contributed by atoms with van der Waals surface area (Å²) < 4.78 is 4.78. The number of fused-ring (bicyclic) bond motifs is 1. The van der Waals surface area contributed by atoms with Gasteiger partial charge in [0.25, 0.3) is 0 Å². The van der Waals surface area contributed by atoms with Crippen LogP contribution in [0.3, 0.4) is 0 Å². The normalized spacial score (nSPS) is 14.9. The zero-order valence-corrected chi connectivity index (χ0v) is 10.3. The first-order valence-electron chi connectivity index (χ1n) is 5.81. The minimum Gasteiger partial charge on any atom is -0.464 e. The van der Waals surface area contributed by atoms with Gasteiger partial charge in [-0.1, -0.05) is 17.7 Å². The maximum atomic E-state index is 11.6. The first-order chi connectivity index (χ1) is 8.52. The van der Waals surface area contributed by atoms with Crippen molar-refractivity contribution in [1.82, 2.24) is 0 Å². The molecule has 96 valence electrons. The van der Waals surface area contributed by atoms with Gasteiger partial charge in [-0.2, -0.15) is 0 Å². The van der Waals surface area contributed by atoms with Gasteiger partial charge in [-0.3, -0.25) is 4.79 Å². The van der Waals surface area contributed by atoms with Gasteiger partial charge >= 0.3 is 5.97 Å². The third-order valence-electron chi connectivity index (χ3n) is 2.81. The second-order valence-electron chi connectivity index (χ2n) is 4.27. The Hall–Kier alpha value is -1.88. The van der Waals surface area contributed by atoms with Gasteiger partial charge in [0.15, 0.2) is 6.10 Å². The first kappa shape index (κ1) is 12.6. The van der Waals surface area contributed by atoms with Crippen LogP contribution in [-0.2, 0) is 20.7 Å². The van der Waals surface area contributed by atoms with Crippen LogP contribution >= 0.6 is 0 Å². The second-order valence-corrected chi connectivity index (χ2v) is 4.27. The minimum absolute atomic E-state index is 0.132. The highest BCUT2D eigenvalue weighted by atomic mass is 16.5. The number of aryl methyl sites for hydroxylation is 1. The molecule has 1 unspecified atom stereocenters. The summed E-state index contributed by atoms with van der Waals surface area (Å²) in [6.07, 6.45) is -1.09. The third kappa shape index (κ3) is 2.22. The summed E-state index contributed by atoms with van der Waals surface area (Å²) >= 11 is 0. The Morgan fingerprint density at radius 3 is 2.94 bits per heavy atom. The molecule has 1 aromatic rings. The Balaban J connectivity index is 2.39. The molecule has 0 radical (unpaired) electrons. The van der Waals surface area contributed by atoms with Gasteiger partial charge in [-0.25, -0.2) is 4.79 Å². The number of hydrogen-bond acceptors (Lipinski definition) is 4. The Labute approximate surface area is 105 Å². The Bertz CT molecular complexity index is 510. The number of anilines is 1. The molecule has 0 spiro atoms. The molecule has 0 saturated carbocycles. The number of hydrogen-bond donors (Lipinski definition) is 2. The number of carbonyl (C=O) groups is 2. The van der Waals surface area contributed by atoms with E-state index in [0.29, 0.717) is 11.3 Å². The van der Waals surface area contributed by atoms with Gasteiger partial charge in [-0.15, -0.1) is 0 Å². The van der Waals surface area contributed by atoms with Gasteiger partial charge in [0.05, 0.1) is 18.7 Å². The average molecular weight is 249 g/mol. The quantitative estimate of drug-likeness (QED) is 0.786. The van der Waals surface area contributed by atoms with Crippen LogP contribution in [0.25, 0.3) is 0 Å². The van der Waals surface area contributed by atoms with Gasteiger partial charge in [0.1, 0.15) is 0 Å². The van der Waals surface area contributed by atoms with E-state index in [1.807, 2.05) is 13.0 Å². The molecular weight excluding hydrogens is 234 g/mol. The van der Waals surface area contributed by atoms with Crippen LogP contribution in [0.5, 0.6) is 0 Å². The van der Waals surface area contributed by atoms with Crippen molar-refractivity contribution in [3.63, 3.8) is 0 Å². The van der Waals surface area contributed by atoms with Crippen molar-refractivity contribution in [3.05, 3.63) is 28.8 Å². The van der Waals surface area contributed by atoms with Gasteiger partial charge in [0.2, 0.25) is 5.91 Å². The molecule has 1 aliphatic rings. The summed E-state index contributed by atoms with van der Waals surface area (Å²) in [5.74, 6) is -0.834. The number of benzene rings is 1. The summed E-state index contributed by atoms with van der Waals surface area (Å²) in [4.78, 5) is 22.9. The summed E-state index contributed by atoms with van der Waals surface area (Å²) in [7, 11) is 0. The Kier molecular flexibility index (Phi) is 3.34. The van der Waals surface area contributed by atoms with E-state index in [1.165, 1.54) is 0 Å². The molecular formula is C13H15NO4. The van der Waals surface area contributed by atoms with Crippen molar-refractivity contribution in [2.24, 2.45) is 0 Å². The molecule has 5 nitrogen and oxygen atoms in total. The standard InChI is InChI=1S/C13H15NO4/c1-3-18-13(17)12(16)9-5-7(2)4-8-6-10(15)14-11(8)9/h4-5,12,16H,3,6H2,1-2H3,(H,14,15). The first-order valence-corrected chi connectivity index (χ1v) is 5.81. The van der Waals surface area contributed by atoms with Crippen molar-refractivity contribution < 1.29 is 19.4 Å². The molecule has 0 aromatic heterocycles. The van der Waals surface area contributed by atoms with Gasteiger partial charge in [0, 0.05) is 5.56 Å². The van der Waals surface area contributed by atoms with E-state index in [-0.39, 0.29) is 18.9 Å². The lowest BCUT2D eigenvalue weighted by molar-refractivity contribution is -0.153. The third-order valence-corrected chi connectivity index (χ3v) is 2.81. The predicted octanol–water partition coefficient (Wildman–Crippen LogP) is 1.09. The van der Waals surface area contributed by atoms with Crippen LogP contribution in [0.4, 0.5) is 5.69 Å². The molecule has 0 fully saturated rings. The highest BCUT2D eigenvalue weighted by Crippen LogP contribution is 2.33. The smallest absolute Gasteiger partial charge is 0.339 e. The largest absolute Gasteiger partial charge is 0.464 e. The molecule has 1 amide bonds. The molecule has 1 aliphatic heterocycles. The van der Waals surface area contributed by atoms with Crippen molar-refractivity contribution in [2.45, 2.75) is 26.4 Å². The van der Waals surface area contributed by atoms with Crippen LogP contribution in [0.1, 0.15) is 29.7 Å². The van der Waals surface area contributed by atoms with E-state index in [4.69, 9.17) is 4.74 Å². The summed E-state index contributed by atoms with van der Waals surface area (Å²) in [5.41, 5.74) is 2.63. The number of nitrogens with one attached hydrogen (secondary N) is 1. The zero-order valence-electron chi connectivity index (χ0n) is 10.3. The number of amides is 1. The van der Waals surface area contributed by atoms with Crippen LogP contribution in [0, 0.1) is 6.92 Å². The molecule has 1 atom stereocenters. The lowest BCUT2D eigenvalue weighted by atomic mass is 10.00. The fraction of sp³-hybridized carbons (Fsp3) is 0.385. The highest BCUT2D eigenvalue weighted by Gasteiger charge is 2.28. The molecule has 2 rings (SSSR count). The van der Waals surface area contributed by atoms with Crippen LogP contribution < -0.4 is 5.32 Å². The van der Waals surface area contributed by atoms with Crippen molar-refractivity contribution in [2.75, 3.05) is 11.9 Å².